The second kappa shape index (κ2) is 6.11. The molecule has 2 N–H and O–H groups in total. The molecule has 1 saturated carbocycles. The number of rotatable bonds is 5. The van der Waals surface area contributed by atoms with Gasteiger partial charge in [0, 0.05) is 35.6 Å². The summed E-state index contributed by atoms with van der Waals surface area (Å²) in [7, 11) is 0. The lowest BCUT2D eigenvalue weighted by Gasteiger charge is -2.35. The highest BCUT2D eigenvalue weighted by molar-refractivity contribution is 5.64. The van der Waals surface area contributed by atoms with Gasteiger partial charge in [-0.25, -0.2) is 0 Å². The van der Waals surface area contributed by atoms with E-state index in [1.54, 1.807) is 12.1 Å². The van der Waals surface area contributed by atoms with Crippen LogP contribution in [0, 0.1) is 10.1 Å². The first-order chi connectivity index (χ1) is 9.52. The van der Waals surface area contributed by atoms with Crippen LogP contribution in [-0.2, 0) is 0 Å². The van der Waals surface area contributed by atoms with Crippen molar-refractivity contribution in [2.24, 2.45) is 0 Å². The summed E-state index contributed by atoms with van der Waals surface area (Å²) in [5.41, 5.74) is 1.81. The fourth-order valence-electron chi connectivity index (χ4n) is 2.90. The maximum absolute atomic E-state index is 11.0. The van der Waals surface area contributed by atoms with Crippen molar-refractivity contribution >= 4 is 17.1 Å². The highest BCUT2D eigenvalue weighted by Crippen LogP contribution is 2.33. The van der Waals surface area contributed by atoms with Crippen LogP contribution < -0.4 is 10.6 Å². The number of benzene rings is 1. The molecular formula is C15H23N3O2. The summed E-state index contributed by atoms with van der Waals surface area (Å²) >= 11 is 0. The van der Waals surface area contributed by atoms with Crippen molar-refractivity contribution < 1.29 is 4.92 Å². The fourth-order valence-corrected chi connectivity index (χ4v) is 2.90. The van der Waals surface area contributed by atoms with Gasteiger partial charge in [-0.3, -0.25) is 10.1 Å². The zero-order chi connectivity index (χ0) is 14.6. The van der Waals surface area contributed by atoms with Crippen molar-refractivity contribution in [1.82, 2.24) is 0 Å². The van der Waals surface area contributed by atoms with Crippen molar-refractivity contribution in [1.29, 1.82) is 0 Å². The van der Waals surface area contributed by atoms with Crippen LogP contribution in [0.25, 0.3) is 0 Å². The molecule has 0 radical (unpaired) electrons. The summed E-state index contributed by atoms with van der Waals surface area (Å²) in [6, 6.07) is 5.16. The lowest BCUT2D eigenvalue weighted by molar-refractivity contribution is -0.384. The van der Waals surface area contributed by atoms with Gasteiger partial charge in [0.2, 0.25) is 0 Å². The minimum Gasteiger partial charge on any atom is -0.385 e. The predicted molar refractivity (Wildman–Crippen MR) is 82.4 cm³/mol. The van der Waals surface area contributed by atoms with Gasteiger partial charge in [0.25, 0.3) is 5.69 Å². The van der Waals surface area contributed by atoms with Gasteiger partial charge in [-0.15, -0.1) is 0 Å². The zero-order valence-corrected chi connectivity index (χ0v) is 12.2. The van der Waals surface area contributed by atoms with E-state index in [9.17, 15) is 10.1 Å². The molecule has 5 heteroatoms. The lowest BCUT2D eigenvalue weighted by Crippen LogP contribution is -2.36. The van der Waals surface area contributed by atoms with Crippen LogP contribution >= 0.6 is 0 Å². The van der Waals surface area contributed by atoms with Crippen molar-refractivity contribution in [2.75, 3.05) is 17.2 Å². The Morgan fingerprint density at radius 2 is 1.85 bits per heavy atom. The third-order valence-corrected chi connectivity index (χ3v) is 3.91. The van der Waals surface area contributed by atoms with E-state index in [0.29, 0.717) is 0 Å². The molecule has 0 aliphatic heterocycles. The molecule has 5 nitrogen and oxygen atoms in total. The Bertz CT molecular complexity index is 482. The van der Waals surface area contributed by atoms with Gasteiger partial charge < -0.3 is 10.6 Å². The van der Waals surface area contributed by atoms with E-state index in [4.69, 9.17) is 0 Å². The molecular weight excluding hydrogens is 254 g/mol. The number of hydrogen-bond acceptors (Lipinski definition) is 4. The normalized spacial score (nSPS) is 17.5. The predicted octanol–water partition coefficient (Wildman–Crippen LogP) is 4.16. The third-order valence-electron chi connectivity index (χ3n) is 3.91. The molecule has 0 heterocycles. The van der Waals surface area contributed by atoms with Crippen LogP contribution in [0.1, 0.15) is 46.0 Å². The van der Waals surface area contributed by atoms with Crippen LogP contribution in [0.5, 0.6) is 0 Å². The third kappa shape index (κ3) is 3.62. The largest absolute Gasteiger partial charge is 0.385 e. The highest BCUT2D eigenvalue weighted by Gasteiger charge is 2.27. The second-order valence-corrected chi connectivity index (χ2v) is 5.80. The Labute approximate surface area is 119 Å². The molecule has 1 aromatic carbocycles. The molecule has 0 atom stereocenters. The molecule has 0 spiro atoms. The smallest absolute Gasteiger partial charge is 0.273 e. The van der Waals surface area contributed by atoms with Crippen LogP contribution in [-0.4, -0.2) is 17.0 Å². The maximum atomic E-state index is 11.0. The number of nitrogens with one attached hydrogen (secondary N) is 2. The van der Waals surface area contributed by atoms with Crippen LogP contribution in [0.4, 0.5) is 17.1 Å². The summed E-state index contributed by atoms with van der Waals surface area (Å²) in [4.78, 5) is 10.7. The second-order valence-electron chi connectivity index (χ2n) is 5.80. The molecule has 110 valence electrons. The minimum atomic E-state index is -0.338. The standard InChI is InChI=1S/C15H23N3O2/c1-3-16-12-9-13(11-14(10-12)18(19)20)17-15(2)7-5-4-6-8-15/h9-11,16-17H,3-8H2,1-2H3. The SMILES string of the molecule is CCNc1cc(NC2(C)CCCCC2)cc([N+](=O)[O-])c1. The van der Waals surface area contributed by atoms with Crippen molar-refractivity contribution in [3.63, 3.8) is 0 Å². The van der Waals surface area contributed by atoms with E-state index in [0.717, 1.165) is 30.8 Å². The van der Waals surface area contributed by atoms with E-state index in [-0.39, 0.29) is 16.1 Å². The number of nitro groups is 1. The molecule has 0 bridgehead atoms. The topological polar surface area (TPSA) is 67.2 Å². The molecule has 1 aliphatic carbocycles. The van der Waals surface area contributed by atoms with Crippen LogP contribution in [0.2, 0.25) is 0 Å². The average Bonchev–Trinajstić information content (AvgIpc) is 2.39. The number of nitrogens with zero attached hydrogens (tertiary/aromatic N) is 1. The van der Waals surface area contributed by atoms with Crippen molar-refractivity contribution in [3.05, 3.63) is 28.3 Å². The molecule has 0 amide bonds. The molecule has 1 aliphatic rings. The molecule has 0 saturated heterocycles. The van der Waals surface area contributed by atoms with Crippen molar-refractivity contribution in [3.8, 4) is 0 Å². The first-order valence-corrected chi connectivity index (χ1v) is 7.34. The summed E-state index contributed by atoms with van der Waals surface area (Å²) < 4.78 is 0. The van der Waals surface area contributed by atoms with E-state index in [2.05, 4.69) is 17.6 Å². The molecule has 1 fully saturated rings. The monoisotopic (exact) mass is 277 g/mol. The van der Waals surface area contributed by atoms with Crippen molar-refractivity contribution in [2.45, 2.75) is 51.5 Å². The number of hydrogen-bond donors (Lipinski definition) is 2. The molecule has 20 heavy (non-hydrogen) atoms. The van der Waals surface area contributed by atoms with Gasteiger partial charge in [-0.05, 0) is 32.8 Å². The zero-order valence-electron chi connectivity index (χ0n) is 12.2. The van der Waals surface area contributed by atoms with E-state index < -0.39 is 0 Å². The quantitative estimate of drug-likeness (QED) is 0.626. The fraction of sp³-hybridized carbons (Fsp3) is 0.600. The highest BCUT2D eigenvalue weighted by atomic mass is 16.6. The van der Waals surface area contributed by atoms with E-state index in [1.807, 2.05) is 13.0 Å². The maximum Gasteiger partial charge on any atom is 0.273 e. The summed E-state index contributed by atoms with van der Waals surface area (Å²) in [5, 5.41) is 17.7. The number of non-ortho nitro benzene ring substituents is 1. The van der Waals surface area contributed by atoms with Gasteiger partial charge >= 0.3 is 0 Å². The Balaban J connectivity index is 2.23. The van der Waals surface area contributed by atoms with E-state index in [1.165, 1.54) is 19.3 Å². The average molecular weight is 277 g/mol. The molecule has 2 rings (SSSR count). The summed E-state index contributed by atoms with van der Waals surface area (Å²) in [5.74, 6) is 0. The molecule has 0 aromatic heterocycles. The first-order valence-electron chi connectivity index (χ1n) is 7.34. The van der Waals surface area contributed by atoms with Gasteiger partial charge in [0.1, 0.15) is 0 Å². The van der Waals surface area contributed by atoms with Crippen LogP contribution in [0.3, 0.4) is 0 Å². The summed E-state index contributed by atoms with van der Waals surface area (Å²) in [6.45, 7) is 4.93. The van der Waals surface area contributed by atoms with Gasteiger partial charge in [-0.1, -0.05) is 19.3 Å². The van der Waals surface area contributed by atoms with Gasteiger partial charge in [0.05, 0.1) is 4.92 Å². The first kappa shape index (κ1) is 14.6. The summed E-state index contributed by atoms with van der Waals surface area (Å²) in [6.07, 6.45) is 5.96. The Kier molecular flexibility index (Phi) is 4.47. The Hall–Kier alpha value is -1.78. The van der Waals surface area contributed by atoms with Crippen LogP contribution in [0.15, 0.2) is 18.2 Å². The lowest BCUT2D eigenvalue weighted by atomic mass is 9.83. The Morgan fingerprint density at radius 1 is 1.20 bits per heavy atom. The molecule has 1 aromatic rings. The Morgan fingerprint density at radius 3 is 2.45 bits per heavy atom. The number of nitro benzene ring substituents is 1. The molecule has 0 unspecified atom stereocenters. The van der Waals surface area contributed by atoms with Gasteiger partial charge in [0.15, 0.2) is 0 Å². The van der Waals surface area contributed by atoms with Gasteiger partial charge in [-0.2, -0.15) is 0 Å². The minimum absolute atomic E-state index is 0.0525. The van der Waals surface area contributed by atoms with E-state index >= 15 is 0 Å². The number of anilines is 2.